The molecule has 0 heterocycles. The molecule has 0 radical (unpaired) electrons. The third kappa shape index (κ3) is 1.08. The summed E-state index contributed by atoms with van der Waals surface area (Å²) in [6, 6.07) is 0.922. The van der Waals surface area contributed by atoms with E-state index in [0.717, 1.165) is 6.04 Å². The maximum absolute atomic E-state index is 2.33. The lowest BCUT2D eigenvalue weighted by atomic mass is 10.7. The Morgan fingerprint density at radius 2 is 2.17 bits per heavy atom. The smallest absolute Gasteiger partial charge is 0.0201 e. The highest BCUT2D eigenvalue weighted by atomic mass is 127. The maximum atomic E-state index is 2.33. The summed E-state index contributed by atoms with van der Waals surface area (Å²) in [7, 11) is 2.12. The highest BCUT2D eigenvalue weighted by molar-refractivity contribution is 14.1. The van der Waals surface area contributed by atoms with Crippen LogP contribution < -0.4 is 0 Å². The van der Waals surface area contributed by atoms with Crippen molar-refractivity contribution in [2.75, 3.05) is 7.05 Å². The molecule has 1 rings (SSSR count). The third-order valence-electron chi connectivity index (χ3n) is 1.05. The highest BCUT2D eigenvalue weighted by Gasteiger charge is 2.23. The molecule has 0 aromatic rings. The van der Waals surface area contributed by atoms with E-state index in [1.807, 2.05) is 0 Å². The van der Waals surface area contributed by atoms with Gasteiger partial charge < -0.3 is 0 Å². The molecule has 1 saturated carbocycles. The molecule has 6 heavy (non-hydrogen) atoms. The van der Waals surface area contributed by atoms with Crippen LogP contribution in [0.5, 0.6) is 0 Å². The fourth-order valence-corrected chi connectivity index (χ4v) is 0.987. The van der Waals surface area contributed by atoms with E-state index in [4.69, 9.17) is 0 Å². The molecule has 0 unspecified atom stereocenters. The van der Waals surface area contributed by atoms with Crippen LogP contribution in [-0.2, 0) is 0 Å². The first kappa shape index (κ1) is 4.84. The van der Waals surface area contributed by atoms with E-state index in [1.54, 1.807) is 0 Å². The van der Waals surface area contributed by atoms with Gasteiger partial charge >= 0.3 is 0 Å². The summed E-state index contributed by atoms with van der Waals surface area (Å²) in [5, 5.41) is 0. The summed E-state index contributed by atoms with van der Waals surface area (Å²) in [6.45, 7) is 0. The van der Waals surface area contributed by atoms with Gasteiger partial charge in [-0.2, -0.15) is 0 Å². The van der Waals surface area contributed by atoms with E-state index in [2.05, 4.69) is 33.0 Å². The molecular weight excluding hydrogens is 189 g/mol. The Morgan fingerprint density at radius 3 is 2.17 bits per heavy atom. The molecule has 1 aliphatic rings. The monoisotopic (exact) mass is 197 g/mol. The van der Waals surface area contributed by atoms with Gasteiger partial charge in [-0.15, -0.1) is 0 Å². The van der Waals surface area contributed by atoms with Crippen LogP contribution in [0.1, 0.15) is 12.8 Å². The van der Waals surface area contributed by atoms with Gasteiger partial charge in [0.1, 0.15) is 0 Å². The lowest BCUT2D eigenvalue weighted by Crippen LogP contribution is -2.04. The number of rotatable bonds is 1. The Hall–Kier alpha value is 0.690. The van der Waals surface area contributed by atoms with Gasteiger partial charge in [-0.1, -0.05) is 0 Å². The van der Waals surface area contributed by atoms with Gasteiger partial charge in [-0.05, 0) is 19.9 Å². The molecule has 0 atom stereocenters. The van der Waals surface area contributed by atoms with Crippen molar-refractivity contribution in [3.05, 3.63) is 0 Å². The number of nitrogens with zero attached hydrogens (tertiary/aromatic N) is 1. The molecule has 0 N–H and O–H groups in total. The van der Waals surface area contributed by atoms with Crippen molar-refractivity contribution in [1.82, 2.24) is 3.11 Å². The highest BCUT2D eigenvalue weighted by Crippen LogP contribution is 2.27. The van der Waals surface area contributed by atoms with Gasteiger partial charge in [0.15, 0.2) is 0 Å². The average Bonchev–Trinajstić information content (AvgIpc) is 2.06. The molecule has 0 aromatic heterocycles. The summed E-state index contributed by atoms with van der Waals surface area (Å²) in [4.78, 5) is 0. The zero-order valence-electron chi connectivity index (χ0n) is 3.82. The van der Waals surface area contributed by atoms with E-state index in [-0.39, 0.29) is 0 Å². The first-order chi connectivity index (χ1) is 2.80. The number of hydrogen-bond donors (Lipinski definition) is 0. The predicted molar refractivity (Wildman–Crippen MR) is 34.8 cm³/mol. The lowest BCUT2D eigenvalue weighted by Gasteiger charge is -1.99. The second kappa shape index (κ2) is 1.66. The molecule has 0 aromatic carbocycles. The molecule has 1 nitrogen and oxygen atoms in total. The largest absolute Gasteiger partial charge is 0.248 e. The molecule has 1 aliphatic carbocycles. The normalized spacial score (nSPS) is 22.5. The summed E-state index contributed by atoms with van der Waals surface area (Å²) in [5.41, 5.74) is 0. The van der Waals surface area contributed by atoms with Crippen LogP contribution in [0.25, 0.3) is 0 Å². The van der Waals surface area contributed by atoms with Crippen LogP contribution in [-0.4, -0.2) is 16.2 Å². The van der Waals surface area contributed by atoms with E-state index in [1.165, 1.54) is 12.8 Å². The minimum Gasteiger partial charge on any atom is -0.248 e. The Bertz CT molecular complexity index is 49.5. The van der Waals surface area contributed by atoms with E-state index < -0.39 is 0 Å². The standard InChI is InChI=1S/C4H8IN/c1-6(5)4-2-3-4/h4H,2-3H2,1H3. The number of hydrogen-bond acceptors (Lipinski definition) is 1. The molecule has 36 valence electrons. The predicted octanol–water partition coefficient (Wildman–Crippen LogP) is 1.43. The van der Waals surface area contributed by atoms with E-state index in [0.29, 0.717) is 0 Å². The summed E-state index contributed by atoms with van der Waals surface area (Å²) >= 11 is 2.33. The maximum Gasteiger partial charge on any atom is 0.0201 e. The van der Waals surface area contributed by atoms with Gasteiger partial charge in [0.25, 0.3) is 0 Å². The Balaban J connectivity index is 2.13. The van der Waals surface area contributed by atoms with Gasteiger partial charge in [0, 0.05) is 28.9 Å². The molecule has 0 spiro atoms. The molecule has 2 heteroatoms. The quantitative estimate of drug-likeness (QED) is 0.454. The average molecular weight is 197 g/mol. The molecule has 0 aliphatic heterocycles. The van der Waals surface area contributed by atoms with Crippen molar-refractivity contribution in [3.63, 3.8) is 0 Å². The van der Waals surface area contributed by atoms with Crippen molar-refractivity contribution in [3.8, 4) is 0 Å². The van der Waals surface area contributed by atoms with Gasteiger partial charge in [-0.3, -0.25) is 0 Å². The molecule has 1 fully saturated rings. The van der Waals surface area contributed by atoms with Crippen molar-refractivity contribution in [1.29, 1.82) is 0 Å². The zero-order valence-corrected chi connectivity index (χ0v) is 5.97. The number of halogens is 1. The Kier molecular flexibility index (Phi) is 1.34. The van der Waals surface area contributed by atoms with Crippen molar-refractivity contribution < 1.29 is 0 Å². The molecule has 0 amide bonds. The van der Waals surface area contributed by atoms with Crippen molar-refractivity contribution in [2.24, 2.45) is 0 Å². The van der Waals surface area contributed by atoms with Crippen LogP contribution in [0, 0.1) is 0 Å². The zero-order chi connectivity index (χ0) is 4.57. The topological polar surface area (TPSA) is 3.24 Å². The summed E-state index contributed by atoms with van der Waals surface area (Å²) in [5.74, 6) is 0. The van der Waals surface area contributed by atoms with Gasteiger partial charge in [0.2, 0.25) is 0 Å². The minimum atomic E-state index is 0.922. The Labute approximate surface area is 52.2 Å². The molecular formula is C4H8IN. The van der Waals surface area contributed by atoms with E-state index >= 15 is 0 Å². The third-order valence-corrected chi connectivity index (χ3v) is 1.84. The first-order valence-electron chi connectivity index (χ1n) is 2.19. The van der Waals surface area contributed by atoms with Crippen molar-refractivity contribution in [2.45, 2.75) is 18.9 Å². The Morgan fingerprint density at radius 1 is 1.67 bits per heavy atom. The van der Waals surface area contributed by atoms with Crippen LogP contribution in [0.3, 0.4) is 0 Å². The van der Waals surface area contributed by atoms with Gasteiger partial charge in [-0.25, -0.2) is 3.11 Å². The minimum absolute atomic E-state index is 0.922. The van der Waals surface area contributed by atoms with Crippen LogP contribution in [0.2, 0.25) is 0 Å². The molecule has 0 bridgehead atoms. The first-order valence-corrected chi connectivity index (χ1v) is 3.16. The van der Waals surface area contributed by atoms with E-state index in [9.17, 15) is 0 Å². The summed E-state index contributed by atoms with van der Waals surface area (Å²) in [6.07, 6.45) is 2.83. The summed E-state index contributed by atoms with van der Waals surface area (Å²) < 4.78 is 2.25. The fourth-order valence-electron chi connectivity index (χ4n) is 0.430. The molecule has 0 saturated heterocycles. The van der Waals surface area contributed by atoms with Gasteiger partial charge in [0.05, 0.1) is 0 Å². The lowest BCUT2D eigenvalue weighted by molar-refractivity contribution is 0.604. The van der Waals surface area contributed by atoms with Crippen molar-refractivity contribution >= 4 is 22.9 Å². The second-order valence-electron chi connectivity index (χ2n) is 1.76. The van der Waals surface area contributed by atoms with Crippen LogP contribution in [0.15, 0.2) is 0 Å². The second-order valence-corrected chi connectivity index (χ2v) is 3.28. The van der Waals surface area contributed by atoms with Crippen LogP contribution in [0.4, 0.5) is 0 Å². The fraction of sp³-hybridized carbons (Fsp3) is 1.00. The SMILES string of the molecule is CN(I)C1CC1. The van der Waals surface area contributed by atoms with Crippen LogP contribution >= 0.6 is 22.9 Å².